The van der Waals surface area contributed by atoms with Crippen molar-refractivity contribution >= 4 is 33.8 Å². The molecule has 4 rings (SSSR count). The van der Waals surface area contributed by atoms with Crippen LogP contribution in [0.4, 0.5) is 4.79 Å². The van der Waals surface area contributed by atoms with Gasteiger partial charge in [0.05, 0.1) is 12.4 Å². The Morgan fingerprint density at radius 1 is 1.12 bits per heavy atom. The zero-order valence-electron chi connectivity index (χ0n) is 14.3. The maximum Gasteiger partial charge on any atom is 0.286 e. The maximum atomic E-state index is 11.9. The van der Waals surface area contributed by atoms with E-state index < -0.39 is 0 Å². The molecule has 1 aliphatic heterocycles. The highest BCUT2D eigenvalue weighted by molar-refractivity contribution is 8.15. The number of nitrogens with one attached hydrogen (secondary N) is 1. The molecule has 0 radical (unpaired) electrons. The Hall–Kier alpha value is -2.73. The van der Waals surface area contributed by atoms with Crippen LogP contribution in [0.25, 0.3) is 10.9 Å². The number of rotatable bonds is 5. The number of ether oxygens (including phenoxy) is 1. The van der Waals surface area contributed by atoms with Crippen LogP contribution < -0.4 is 10.1 Å². The second-order valence-corrected chi connectivity index (χ2v) is 7.40. The van der Waals surface area contributed by atoms with Gasteiger partial charge in [-0.15, -0.1) is 0 Å². The van der Waals surface area contributed by atoms with E-state index in [9.17, 15) is 9.59 Å². The van der Waals surface area contributed by atoms with Gasteiger partial charge in [-0.25, -0.2) is 0 Å². The molecular formula is C20H18N2O3S. The lowest BCUT2D eigenvalue weighted by Gasteiger charge is -2.09. The minimum Gasteiger partial charge on any atom is -0.497 e. The summed E-state index contributed by atoms with van der Waals surface area (Å²) < 4.78 is 7.39. The fraction of sp³-hybridized carbons (Fsp3) is 0.200. The van der Waals surface area contributed by atoms with Gasteiger partial charge in [0.1, 0.15) is 5.75 Å². The van der Waals surface area contributed by atoms with Crippen molar-refractivity contribution in [2.24, 2.45) is 0 Å². The predicted octanol–water partition coefficient (Wildman–Crippen LogP) is 3.59. The number of hydrogen-bond acceptors (Lipinski definition) is 4. The number of thioether (sulfide) groups is 1. The molecule has 2 aromatic carbocycles. The zero-order chi connectivity index (χ0) is 18.1. The molecule has 1 fully saturated rings. The predicted molar refractivity (Wildman–Crippen MR) is 103 cm³/mol. The van der Waals surface area contributed by atoms with Crippen LogP contribution in [0, 0.1) is 0 Å². The maximum absolute atomic E-state index is 11.9. The van der Waals surface area contributed by atoms with Crippen molar-refractivity contribution in [3.05, 3.63) is 65.9 Å². The Bertz CT molecular complexity index is 978. The highest BCUT2D eigenvalue weighted by Gasteiger charge is 2.31. The molecule has 0 saturated carbocycles. The second kappa shape index (κ2) is 6.88. The Morgan fingerprint density at radius 2 is 1.92 bits per heavy atom. The van der Waals surface area contributed by atoms with E-state index in [2.05, 4.69) is 40.3 Å². The minimum absolute atomic E-state index is 0.199. The first-order valence-corrected chi connectivity index (χ1v) is 9.23. The van der Waals surface area contributed by atoms with E-state index in [1.807, 2.05) is 24.3 Å². The van der Waals surface area contributed by atoms with Crippen LogP contribution in [0.2, 0.25) is 0 Å². The van der Waals surface area contributed by atoms with Crippen LogP contribution >= 0.6 is 11.8 Å². The summed E-state index contributed by atoms with van der Waals surface area (Å²) in [4.78, 5) is 23.2. The molecule has 1 saturated heterocycles. The summed E-state index contributed by atoms with van der Waals surface area (Å²) >= 11 is 1.07. The van der Waals surface area contributed by atoms with Crippen LogP contribution in [-0.2, 0) is 17.8 Å². The molecule has 1 aliphatic rings. The number of hydrogen-bond donors (Lipinski definition) is 1. The van der Waals surface area contributed by atoms with Crippen molar-refractivity contribution in [3.63, 3.8) is 0 Å². The molecule has 1 atom stereocenters. The first kappa shape index (κ1) is 16.7. The summed E-state index contributed by atoms with van der Waals surface area (Å²) in [5.74, 6) is 0.643. The first-order chi connectivity index (χ1) is 12.6. The summed E-state index contributed by atoms with van der Waals surface area (Å²) in [5, 5.41) is 2.86. The van der Waals surface area contributed by atoms with Crippen LogP contribution in [0.15, 0.2) is 54.7 Å². The van der Waals surface area contributed by atoms with E-state index in [0.29, 0.717) is 6.42 Å². The average molecular weight is 366 g/mol. The molecular weight excluding hydrogens is 348 g/mol. The van der Waals surface area contributed by atoms with Gasteiger partial charge in [-0.1, -0.05) is 36.0 Å². The summed E-state index contributed by atoms with van der Waals surface area (Å²) in [5.41, 5.74) is 3.39. The van der Waals surface area contributed by atoms with E-state index >= 15 is 0 Å². The summed E-state index contributed by atoms with van der Waals surface area (Å²) in [7, 11) is 1.66. The van der Waals surface area contributed by atoms with Crippen molar-refractivity contribution in [2.45, 2.75) is 18.2 Å². The quantitative estimate of drug-likeness (QED) is 0.750. The molecule has 3 aromatic rings. The average Bonchev–Trinajstić information content (AvgIpc) is 3.19. The Morgan fingerprint density at radius 3 is 2.62 bits per heavy atom. The fourth-order valence-corrected chi connectivity index (χ4v) is 4.10. The fourth-order valence-electron chi connectivity index (χ4n) is 3.26. The lowest BCUT2D eigenvalue weighted by molar-refractivity contribution is -0.118. The summed E-state index contributed by atoms with van der Waals surface area (Å²) in [6.07, 6.45) is 2.61. The van der Waals surface area contributed by atoms with E-state index in [1.165, 1.54) is 5.56 Å². The van der Waals surface area contributed by atoms with Crippen LogP contribution in [0.1, 0.15) is 11.1 Å². The van der Waals surface area contributed by atoms with Crippen molar-refractivity contribution in [1.29, 1.82) is 0 Å². The first-order valence-electron chi connectivity index (χ1n) is 8.35. The molecule has 2 amide bonds. The third-order valence-corrected chi connectivity index (χ3v) is 5.57. The van der Waals surface area contributed by atoms with Gasteiger partial charge in [-0.2, -0.15) is 0 Å². The molecule has 1 aromatic heterocycles. The lowest BCUT2D eigenvalue weighted by atomic mass is 10.0. The molecule has 0 aliphatic carbocycles. The largest absolute Gasteiger partial charge is 0.497 e. The van der Waals surface area contributed by atoms with E-state index in [0.717, 1.165) is 40.5 Å². The molecule has 1 unspecified atom stereocenters. The van der Waals surface area contributed by atoms with Gasteiger partial charge in [0.2, 0.25) is 5.91 Å². The third kappa shape index (κ3) is 3.20. The van der Waals surface area contributed by atoms with Crippen molar-refractivity contribution in [1.82, 2.24) is 9.88 Å². The minimum atomic E-state index is -0.349. The van der Waals surface area contributed by atoms with Crippen molar-refractivity contribution in [3.8, 4) is 5.75 Å². The molecule has 6 heteroatoms. The van der Waals surface area contributed by atoms with Crippen LogP contribution in [-0.4, -0.2) is 28.1 Å². The topological polar surface area (TPSA) is 60.3 Å². The van der Waals surface area contributed by atoms with Gasteiger partial charge in [0.15, 0.2) is 0 Å². The Balaban J connectivity index is 1.60. The number of imide groups is 1. The van der Waals surface area contributed by atoms with Gasteiger partial charge in [-0.3, -0.25) is 14.9 Å². The second-order valence-electron chi connectivity index (χ2n) is 6.23. The Labute approximate surface area is 155 Å². The number of aromatic nitrogens is 1. The number of amides is 2. The smallest absolute Gasteiger partial charge is 0.286 e. The van der Waals surface area contributed by atoms with Crippen LogP contribution in [0.3, 0.4) is 0 Å². The number of methoxy groups -OCH3 is 1. The molecule has 1 N–H and O–H groups in total. The number of carbonyl (C=O) groups excluding carboxylic acids is 2. The highest BCUT2D eigenvalue weighted by Crippen LogP contribution is 2.28. The molecule has 5 nitrogen and oxygen atoms in total. The monoisotopic (exact) mass is 366 g/mol. The SMILES string of the molecule is COc1ccc(Cn2ccc3c(CC4SC(=O)NC4=O)cccc32)cc1. The summed E-state index contributed by atoms with van der Waals surface area (Å²) in [6, 6.07) is 16.2. The molecule has 132 valence electrons. The third-order valence-electron chi connectivity index (χ3n) is 4.59. The van der Waals surface area contributed by atoms with Gasteiger partial charge >= 0.3 is 0 Å². The van der Waals surface area contributed by atoms with Crippen molar-refractivity contribution < 1.29 is 14.3 Å². The van der Waals surface area contributed by atoms with E-state index in [1.54, 1.807) is 7.11 Å². The van der Waals surface area contributed by atoms with Crippen molar-refractivity contribution in [2.75, 3.05) is 7.11 Å². The number of carbonyl (C=O) groups is 2. The highest BCUT2D eigenvalue weighted by atomic mass is 32.2. The number of fused-ring (bicyclic) bond motifs is 1. The number of benzene rings is 2. The van der Waals surface area contributed by atoms with Gasteiger partial charge < -0.3 is 9.30 Å². The van der Waals surface area contributed by atoms with E-state index in [4.69, 9.17) is 4.74 Å². The molecule has 0 spiro atoms. The number of nitrogens with zero attached hydrogens (tertiary/aromatic N) is 1. The normalized spacial score (nSPS) is 16.9. The van der Waals surface area contributed by atoms with E-state index in [-0.39, 0.29) is 16.4 Å². The lowest BCUT2D eigenvalue weighted by Crippen LogP contribution is -2.25. The summed E-state index contributed by atoms with van der Waals surface area (Å²) in [6.45, 7) is 0.758. The Kier molecular flexibility index (Phi) is 4.42. The zero-order valence-corrected chi connectivity index (χ0v) is 15.1. The van der Waals surface area contributed by atoms with Crippen LogP contribution in [0.5, 0.6) is 5.75 Å². The van der Waals surface area contributed by atoms with Gasteiger partial charge in [0.25, 0.3) is 5.24 Å². The molecule has 26 heavy (non-hydrogen) atoms. The van der Waals surface area contributed by atoms with Gasteiger partial charge in [0, 0.05) is 23.6 Å². The standard InChI is InChI=1S/C20H18N2O3S/c1-25-15-7-5-13(6-8-15)12-22-10-9-16-14(3-2-4-17(16)22)11-18-19(23)21-20(24)26-18/h2-10,18H,11-12H2,1H3,(H,21,23,24). The molecule has 0 bridgehead atoms. The van der Waals surface area contributed by atoms with Gasteiger partial charge in [-0.05, 0) is 41.8 Å². The molecule has 2 heterocycles.